The molecular weight excluding hydrogens is 226 g/mol. The minimum absolute atomic E-state index is 0.0140. The molecule has 1 aliphatic carbocycles. The van der Waals surface area contributed by atoms with Crippen molar-refractivity contribution in [2.75, 3.05) is 0 Å². The SMILES string of the molecule is NC(c1nc2ccc(O)cc2[nH]1)C1CCCCC1. The third-order valence-electron chi connectivity index (χ3n) is 3.96. The van der Waals surface area contributed by atoms with Crippen LogP contribution in [0.1, 0.15) is 44.0 Å². The van der Waals surface area contributed by atoms with Crippen molar-refractivity contribution >= 4 is 11.0 Å². The molecule has 3 rings (SSSR count). The fourth-order valence-corrected chi connectivity index (χ4v) is 2.89. The second-order valence-electron chi connectivity index (χ2n) is 5.25. The molecule has 1 saturated carbocycles. The molecule has 4 nitrogen and oxygen atoms in total. The molecule has 1 heterocycles. The Kier molecular flexibility index (Phi) is 2.96. The van der Waals surface area contributed by atoms with Crippen LogP contribution in [0.5, 0.6) is 5.75 Å². The number of aromatic hydroxyl groups is 1. The number of hydrogen-bond donors (Lipinski definition) is 3. The molecule has 4 heteroatoms. The van der Waals surface area contributed by atoms with Gasteiger partial charge in [-0.1, -0.05) is 19.3 Å². The van der Waals surface area contributed by atoms with E-state index < -0.39 is 0 Å². The van der Waals surface area contributed by atoms with Gasteiger partial charge < -0.3 is 15.8 Å². The minimum atomic E-state index is -0.0140. The highest BCUT2D eigenvalue weighted by Gasteiger charge is 2.24. The molecule has 1 atom stereocenters. The van der Waals surface area contributed by atoms with Gasteiger partial charge in [-0.05, 0) is 30.9 Å². The zero-order valence-corrected chi connectivity index (χ0v) is 10.4. The standard InChI is InChI=1S/C14H19N3O/c15-13(9-4-2-1-3-5-9)14-16-11-7-6-10(18)8-12(11)17-14/h6-9,13,18H,1-5,15H2,(H,16,17). The zero-order valence-electron chi connectivity index (χ0n) is 10.4. The summed E-state index contributed by atoms with van der Waals surface area (Å²) in [7, 11) is 0. The van der Waals surface area contributed by atoms with Gasteiger partial charge in [-0.2, -0.15) is 0 Å². The summed E-state index contributed by atoms with van der Waals surface area (Å²) in [5, 5.41) is 9.45. The van der Waals surface area contributed by atoms with Crippen LogP contribution in [0.3, 0.4) is 0 Å². The van der Waals surface area contributed by atoms with Crippen LogP contribution < -0.4 is 5.73 Å². The van der Waals surface area contributed by atoms with Crippen LogP contribution in [0, 0.1) is 5.92 Å². The van der Waals surface area contributed by atoms with E-state index in [9.17, 15) is 5.11 Å². The molecule has 2 aromatic rings. The highest BCUT2D eigenvalue weighted by atomic mass is 16.3. The van der Waals surface area contributed by atoms with E-state index in [1.165, 1.54) is 32.1 Å². The fourth-order valence-electron chi connectivity index (χ4n) is 2.89. The molecule has 0 amide bonds. The van der Waals surface area contributed by atoms with E-state index in [1.807, 2.05) is 6.07 Å². The quantitative estimate of drug-likeness (QED) is 0.761. The first-order chi connectivity index (χ1) is 8.74. The molecule has 1 aliphatic rings. The zero-order chi connectivity index (χ0) is 12.5. The Morgan fingerprint density at radius 1 is 1.28 bits per heavy atom. The Bertz CT molecular complexity index is 543. The van der Waals surface area contributed by atoms with Gasteiger partial charge in [0.15, 0.2) is 0 Å². The molecule has 0 saturated heterocycles. The number of rotatable bonds is 2. The van der Waals surface area contributed by atoms with Crippen molar-refractivity contribution in [1.82, 2.24) is 9.97 Å². The number of phenolic OH excluding ortho intramolecular Hbond substituents is 1. The Hall–Kier alpha value is -1.55. The fraction of sp³-hybridized carbons (Fsp3) is 0.500. The number of benzene rings is 1. The minimum Gasteiger partial charge on any atom is -0.508 e. The number of imidazole rings is 1. The Morgan fingerprint density at radius 3 is 2.83 bits per heavy atom. The van der Waals surface area contributed by atoms with Crippen LogP contribution in [0.25, 0.3) is 11.0 Å². The van der Waals surface area contributed by atoms with E-state index in [-0.39, 0.29) is 11.8 Å². The summed E-state index contributed by atoms with van der Waals surface area (Å²) >= 11 is 0. The number of phenols is 1. The summed E-state index contributed by atoms with van der Waals surface area (Å²) in [4.78, 5) is 7.77. The molecule has 1 aromatic heterocycles. The van der Waals surface area contributed by atoms with E-state index >= 15 is 0 Å². The van der Waals surface area contributed by atoms with E-state index in [1.54, 1.807) is 12.1 Å². The first-order valence-electron chi connectivity index (χ1n) is 6.68. The molecule has 0 aliphatic heterocycles. The lowest BCUT2D eigenvalue weighted by Crippen LogP contribution is -2.24. The second-order valence-corrected chi connectivity index (χ2v) is 5.25. The van der Waals surface area contributed by atoms with Crippen LogP contribution in [0.15, 0.2) is 18.2 Å². The van der Waals surface area contributed by atoms with Crippen molar-refractivity contribution in [3.63, 3.8) is 0 Å². The van der Waals surface area contributed by atoms with Crippen LogP contribution in [0.4, 0.5) is 0 Å². The van der Waals surface area contributed by atoms with Crippen molar-refractivity contribution in [3.8, 4) is 5.75 Å². The molecule has 4 N–H and O–H groups in total. The summed E-state index contributed by atoms with van der Waals surface area (Å²) in [6, 6.07) is 5.15. The Morgan fingerprint density at radius 2 is 2.06 bits per heavy atom. The highest BCUT2D eigenvalue weighted by Crippen LogP contribution is 2.32. The number of aromatic nitrogens is 2. The molecule has 1 fully saturated rings. The molecule has 0 radical (unpaired) electrons. The van der Waals surface area contributed by atoms with Crippen LogP contribution in [0.2, 0.25) is 0 Å². The predicted octanol–water partition coefficient (Wildman–Crippen LogP) is 2.85. The molecule has 0 spiro atoms. The largest absolute Gasteiger partial charge is 0.508 e. The van der Waals surface area contributed by atoms with Gasteiger partial charge in [0, 0.05) is 6.07 Å². The van der Waals surface area contributed by atoms with E-state index in [4.69, 9.17) is 5.73 Å². The molecule has 0 bridgehead atoms. The monoisotopic (exact) mass is 245 g/mol. The first-order valence-corrected chi connectivity index (χ1v) is 6.68. The second kappa shape index (κ2) is 4.61. The lowest BCUT2D eigenvalue weighted by atomic mass is 9.84. The number of H-pyrrole nitrogens is 1. The third kappa shape index (κ3) is 2.08. The lowest BCUT2D eigenvalue weighted by Gasteiger charge is -2.26. The van der Waals surface area contributed by atoms with Gasteiger partial charge in [0.25, 0.3) is 0 Å². The average Bonchev–Trinajstić information content (AvgIpc) is 2.81. The average molecular weight is 245 g/mol. The van der Waals surface area contributed by atoms with Gasteiger partial charge in [-0.25, -0.2) is 4.98 Å². The van der Waals surface area contributed by atoms with Crippen LogP contribution in [-0.4, -0.2) is 15.1 Å². The molecular formula is C14H19N3O. The first kappa shape index (κ1) is 11.5. The smallest absolute Gasteiger partial charge is 0.124 e. The van der Waals surface area contributed by atoms with Crippen molar-refractivity contribution < 1.29 is 5.11 Å². The molecule has 18 heavy (non-hydrogen) atoms. The maximum Gasteiger partial charge on any atom is 0.124 e. The number of fused-ring (bicyclic) bond motifs is 1. The summed E-state index contributed by atoms with van der Waals surface area (Å²) in [5.41, 5.74) is 8.04. The predicted molar refractivity (Wildman–Crippen MR) is 71.3 cm³/mol. The van der Waals surface area contributed by atoms with Gasteiger partial charge in [-0.15, -0.1) is 0 Å². The summed E-state index contributed by atoms with van der Waals surface area (Å²) in [5.74, 6) is 1.64. The normalized spacial score (nSPS) is 19.2. The van der Waals surface area contributed by atoms with Crippen molar-refractivity contribution in [3.05, 3.63) is 24.0 Å². The number of hydrogen-bond acceptors (Lipinski definition) is 3. The number of nitrogens with one attached hydrogen (secondary N) is 1. The van der Waals surface area contributed by atoms with Gasteiger partial charge in [0.05, 0.1) is 17.1 Å². The van der Waals surface area contributed by atoms with Crippen molar-refractivity contribution in [2.24, 2.45) is 11.7 Å². The topological polar surface area (TPSA) is 74.9 Å². The Labute approximate surface area is 106 Å². The van der Waals surface area contributed by atoms with Crippen LogP contribution in [-0.2, 0) is 0 Å². The van der Waals surface area contributed by atoms with Gasteiger partial charge in [0.2, 0.25) is 0 Å². The van der Waals surface area contributed by atoms with E-state index in [2.05, 4.69) is 9.97 Å². The Balaban J connectivity index is 1.88. The van der Waals surface area contributed by atoms with Gasteiger partial charge in [0.1, 0.15) is 11.6 Å². The van der Waals surface area contributed by atoms with Crippen LogP contribution >= 0.6 is 0 Å². The van der Waals surface area contributed by atoms with Gasteiger partial charge >= 0.3 is 0 Å². The number of aromatic amines is 1. The maximum atomic E-state index is 9.45. The summed E-state index contributed by atoms with van der Waals surface area (Å²) in [6.45, 7) is 0. The molecule has 96 valence electrons. The molecule has 1 aromatic carbocycles. The number of nitrogens with two attached hydrogens (primary N) is 1. The lowest BCUT2D eigenvalue weighted by molar-refractivity contribution is 0.302. The van der Waals surface area contributed by atoms with E-state index in [0.29, 0.717) is 5.92 Å². The summed E-state index contributed by atoms with van der Waals surface area (Å²) < 4.78 is 0. The van der Waals surface area contributed by atoms with Gasteiger partial charge in [-0.3, -0.25) is 0 Å². The highest BCUT2D eigenvalue weighted by molar-refractivity contribution is 5.76. The number of nitrogens with zero attached hydrogens (tertiary/aromatic N) is 1. The van der Waals surface area contributed by atoms with E-state index in [0.717, 1.165) is 16.9 Å². The maximum absolute atomic E-state index is 9.45. The molecule has 1 unspecified atom stereocenters. The summed E-state index contributed by atoms with van der Waals surface area (Å²) in [6.07, 6.45) is 6.28. The third-order valence-corrected chi connectivity index (χ3v) is 3.96. The van der Waals surface area contributed by atoms with Crippen molar-refractivity contribution in [2.45, 2.75) is 38.1 Å². The van der Waals surface area contributed by atoms with Crippen molar-refractivity contribution in [1.29, 1.82) is 0 Å².